The molecule has 1 aromatic rings. The molecule has 1 saturated heterocycles. The normalized spacial score (nSPS) is 22.5. The van der Waals surface area contributed by atoms with Crippen molar-refractivity contribution < 1.29 is 9.47 Å². The van der Waals surface area contributed by atoms with Crippen LogP contribution in [-0.4, -0.2) is 24.0 Å². The number of hydrogen-bond donors (Lipinski definition) is 0. The van der Waals surface area contributed by atoms with Gasteiger partial charge in [0.1, 0.15) is 0 Å². The van der Waals surface area contributed by atoms with E-state index in [-0.39, 0.29) is 0 Å². The van der Waals surface area contributed by atoms with Gasteiger partial charge in [0.15, 0.2) is 5.79 Å². The third-order valence-electron chi connectivity index (χ3n) is 2.32. The lowest BCUT2D eigenvalue weighted by molar-refractivity contribution is -0.251. The summed E-state index contributed by atoms with van der Waals surface area (Å²) in [6.45, 7) is 7.31. The van der Waals surface area contributed by atoms with Gasteiger partial charge in [-0.05, 0) is 20.8 Å². The van der Waals surface area contributed by atoms with Crippen LogP contribution in [0.15, 0.2) is 5.38 Å². The molecule has 78 valence electrons. The minimum atomic E-state index is -0.429. The monoisotopic (exact) mass is 213 g/mol. The average molecular weight is 213 g/mol. The van der Waals surface area contributed by atoms with Crippen LogP contribution in [0, 0.1) is 6.92 Å². The number of ether oxygens (including phenoxy) is 2. The van der Waals surface area contributed by atoms with Gasteiger partial charge in [0.25, 0.3) is 0 Å². The summed E-state index contributed by atoms with van der Waals surface area (Å²) < 4.78 is 11.2. The number of rotatable bonds is 1. The van der Waals surface area contributed by atoms with Crippen LogP contribution in [0.1, 0.15) is 30.5 Å². The lowest BCUT2D eigenvalue weighted by Crippen LogP contribution is -2.38. The highest BCUT2D eigenvalue weighted by atomic mass is 32.1. The van der Waals surface area contributed by atoms with Crippen molar-refractivity contribution in [1.82, 2.24) is 4.98 Å². The summed E-state index contributed by atoms with van der Waals surface area (Å²) in [6, 6.07) is 0. The second-order valence-corrected chi connectivity index (χ2v) is 5.07. The highest BCUT2D eigenvalue weighted by Gasteiger charge is 2.29. The van der Waals surface area contributed by atoms with Gasteiger partial charge in [-0.1, -0.05) is 0 Å². The van der Waals surface area contributed by atoms with Crippen LogP contribution in [0.4, 0.5) is 0 Å². The zero-order chi connectivity index (χ0) is 10.2. The molecule has 14 heavy (non-hydrogen) atoms. The van der Waals surface area contributed by atoms with Gasteiger partial charge in [0.05, 0.1) is 23.9 Å². The van der Waals surface area contributed by atoms with Crippen LogP contribution in [0.25, 0.3) is 0 Å². The van der Waals surface area contributed by atoms with Crippen molar-refractivity contribution >= 4 is 11.3 Å². The lowest BCUT2D eigenvalue weighted by Gasteiger charge is -2.34. The molecule has 0 bridgehead atoms. The minimum absolute atomic E-state index is 0.299. The Balaban J connectivity index is 2.02. The molecule has 2 heterocycles. The third kappa shape index (κ3) is 2.13. The van der Waals surface area contributed by atoms with Gasteiger partial charge in [-0.15, -0.1) is 11.3 Å². The zero-order valence-corrected chi connectivity index (χ0v) is 9.56. The maximum absolute atomic E-state index is 5.58. The van der Waals surface area contributed by atoms with Gasteiger partial charge in [-0.3, -0.25) is 0 Å². The predicted molar refractivity (Wildman–Crippen MR) is 55.6 cm³/mol. The quantitative estimate of drug-likeness (QED) is 0.717. The molecule has 1 aliphatic rings. The average Bonchev–Trinajstić information content (AvgIpc) is 2.52. The first kappa shape index (κ1) is 10.1. The number of aryl methyl sites for hydroxylation is 1. The van der Waals surface area contributed by atoms with E-state index in [1.54, 1.807) is 11.3 Å². The zero-order valence-electron chi connectivity index (χ0n) is 8.74. The third-order valence-corrected chi connectivity index (χ3v) is 3.11. The van der Waals surface area contributed by atoms with Gasteiger partial charge >= 0.3 is 0 Å². The van der Waals surface area contributed by atoms with Crippen molar-refractivity contribution in [1.29, 1.82) is 0 Å². The fourth-order valence-corrected chi connectivity index (χ4v) is 2.13. The molecule has 0 aromatic carbocycles. The molecule has 0 unspecified atom stereocenters. The van der Waals surface area contributed by atoms with Crippen molar-refractivity contribution in [3.05, 3.63) is 16.1 Å². The molecule has 0 radical (unpaired) electrons. The number of hydrogen-bond acceptors (Lipinski definition) is 4. The molecular formula is C10H15NO2S. The maximum Gasteiger partial charge on any atom is 0.162 e. The van der Waals surface area contributed by atoms with Crippen LogP contribution >= 0.6 is 11.3 Å². The molecule has 1 fully saturated rings. The second kappa shape index (κ2) is 3.61. The fourth-order valence-electron chi connectivity index (χ4n) is 1.43. The first-order valence-electron chi connectivity index (χ1n) is 4.77. The van der Waals surface area contributed by atoms with E-state index in [0.717, 1.165) is 10.7 Å². The predicted octanol–water partition coefficient (Wildman–Crippen LogP) is 2.32. The van der Waals surface area contributed by atoms with E-state index in [0.29, 0.717) is 19.1 Å². The van der Waals surface area contributed by atoms with Gasteiger partial charge in [-0.2, -0.15) is 0 Å². The summed E-state index contributed by atoms with van der Waals surface area (Å²) in [6.07, 6.45) is 0. The Morgan fingerprint density at radius 1 is 1.43 bits per heavy atom. The van der Waals surface area contributed by atoms with E-state index in [9.17, 15) is 0 Å². The van der Waals surface area contributed by atoms with E-state index in [1.807, 2.05) is 20.8 Å². The van der Waals surface area contributed by atoms with E-state index in [2.05, 4.69) is 10.4 Å². The molecule has 3 nitrogen and oxygen atoms in total. The summed E-state index contributed by atoms with van der Waals surface area (Å²) in [7, 11) is 0. The number of thiazole rings is 1. The summed E-state index contributed by atoms with van der Waals surface area (Å²) in [5, 5.41) is 3.19. The van der Waals surface area contributed by atoms with Gasteiger partial charge in [0, 0.05) is 11.3 Å². The number of aromatic nitrogens is 1. The Kier molecular flexibility index (Phi) is 2.60. The molecule has 0 amide bonds. The number of nitrogens with zero attached hydrogens (tertiary/aromatic N) is 1. The molecule has 0 atom stereocenters. The van der Waals surface area contributed by atoms with Crippen LogP contribution in [0.2, 0.25) is 0 Å². The van der Waals surface area contributed by atoms with Crippen molar-refractivity contribution in [2.24, 2.45) is 0 Å². The Bertz CT molecular complexity index is 312. The van der Waals surface area contributed by atoms with Crippen LogP contribution < -0.4 is 0 Å². The molecule has 1 aliphatic heterocycles. The first-order valence-corrected chi connectivity index (χ1v) is 5.65. The molecule has 0 N–H and O–H groups in total. The molecule has 1 aromatic heterocycles. The van der Waals surface area contributed by atoms with Gasteiger partial charge in [0.2, 0.25) is 0 Å². The Morgan fingerprint density at radius 3 is 2.57 bits per heavy atom. The summed E-state index contributed by atoms with van der Waals surface area (Å²) in [5.74, 6) is -0.130. The van der Waals surface area contributed by atoms with Crippen LogP contribution in [0.5, 0.6) is 0 Å². The largest absolute Gasteiger partial charge is 0.350 e. The maximum atomic E-state index is 5.58. The first-order chi connectivity index (χ1) is 6.57. The lowest BCUT2D eigenvalue weighted by atomic mass is 10.1. The van der Waals surface area contributed by atoms with Crippen molar-refractivity contribution in [3.8, 4) is 0 Å². The van der Waals surface area contributed by atoms with E-state index >= 15 is 0 Å². The summed E-state index contributed by atoms with van der Waals surface area (Å²) in [5.41, 5.74) is 1.10. The van der Waals surface area contributed by atoms with Gasteiger partial charge < -0.3 is 9.47 Å². The van der Waals surface area contributed by atoms with Crippen LogP contribution in [0.3, 0.4) is 0 Å². The fraction of sp³-hybridized carbons (Fsp3) is 0.700. The molecule has 0 aliphatic carbocycles. The van der Waals surface area contributed by atoms with Crippen molar-refractivity contribution in [3.63, 3.8) is 0 Å². The topological polar surface area (TPSA) is 31.4 Å². The van der Waals surface area contributed by atoms with E-state index < -0.39 is 5.79 Å². The second-order valence-electron chi connectivity index (χ2n) is 4.01. The SMILES string of the molecule is Cc1nc(C2COC(C)(C)OC2)cs1. The Hall–Kier alpha value is -0.450. The van der Waals surface area contributed by atoms with E-state index in [1.165, 1.54) is 0 Å². The van der Waals surface area contributed by atoms with Crippen LogP contribution in [-0.2, 0) is 9.47 Å². The standard InChI is InChI=1S/C10H15NO2S/c1-7-11-9(6-14-7)8-4-12-10(2,3)13-5-8/h6,8H,4-5H2,1-3H3. The molecule has 0 spiro atoms. The Morgan fingerprint density at radius 2 is 2.07 bits per heavy atom. The highest BCUT2D eigenvalue weighted by molar-refractivity contribution is 7.09. The molecule has 0 saturated carbocycles. The Labute approximate surface area is 88.1 Å². The van der Waals surface area contributed by atoms with Crippen molar-refractivity contribution in [2.75, 3.05) is 13.2 Å². The molecule has 4 heteroatoms. The molecular weight excluding hydrogens is 198 g/mol. The summed E-state index contributed by atoms with van der Waals surface area (Å²) in [4.78, 5) is 4.44. The summed E-state index contributed by atoms with van der Waals surface area (Å²) >= 11 is 1.68. The minimum Gasteiger partial charge on any atom is -0.350 e. The smallest absolute Gasteiger partial charge is 0.162 e. The van der Waals surface area contributed by atoms with Crippen molar-refractivity contribution in [2.45, 2.75) is 32.5 Å². The van der Waals surface area contributed by atoms with E-state index in [4.69, 9.17) is 9.47 Å². The molecule has 2 rings (SSSR count). The van der Waals surface area contributed by atoms with Gasteiger partial charge in [-0.25, -0.2) is 4.98 Å². The highest BCUT2D eigenvalue weighted by Crippen LogP contribution is 2.27.